The van der Waals surface area contributed by atoms with E-state index in [4.69, 9.17) is 0 Å². The maximum atomic E-state index is 13.1. The first-order chi connectivity index (χ1) is 13.1. The Balaban J connectivity index is 1.33. The van der Waals surface area contributed by atoms with Crippen molar-refractivity contribution >= 4 is 5.82 Å². The topological polar surface area (TPSA) is 42.8 Å². The zero-order valence-corrected chi connectivity index (χ0v) is 15.4. The van der Waals surface area contributed by atoms with Gasteiger partial charge in [-0.3, -0.25) is 4.90 Å². The lowest BCUT2D eigenvalue weighted by Gasteiger charge is -2.39. The van der Waals surface area contributed by atoms with E-state index in [1.165, 1.54) is 18.3 Å². The van der Waals surface area contributed by atoms with Crippen molar-refractivity contribution in [1.82, 2.24) is 14.8 Å². The lowest BCUT2D eigenvalue weighted by atomic mass is 10.1. The summed E-state index contributed by atoms with van der Waals surface area (Å²) < 4.78 is 13.1. The average molecular weight is 368 g/mol. The Morgan fingerprint density at radius 1 is 1.04 bits per heavy atom. The summed E-state index contributed by atoms with van der Waals surface area (Å²) in [5, 5.41) is 9.39. The van der Waals surface area contributed by atoms with Gasteiger partial charge in [-0.05, 0) is 36.2 Å². The highest BCUT2D eigenvalue weighted by Crippen LogP contribution is 2.28. The molecule has 0 saturated carbocycles. The highest BCUT2D eigenvalue weighted by atomic mass is 19.1. The molecule has 0 spiro atoms. The van der Waals surface area contributed by atoms with Crippen molar-refractivity contribution in [2.24, 2.45) is 0 Å². The number of piperazine rings is 1. The first-order valence-corrected chi connectivity index (χ1v) is 9.42. The molecule has 0 amide bonds. The van der Waals surface area contributed by atoms with Crippen LogP contribution in [0.4, 0.5) is 10.2 Å². The number of benzene rings is 1. The molecule has 3 heterocycles. The number of aromatic hydroxyl groups is 1. The SMILES string of the molecule is C=C1C(N2CCN(c3ccc(O)cn3)CC2)CCN1Cc1ccc(F)cc1. The maximum Gasteiger partial charge on any atom is 0.134 e. The van der Waals surface area contributed by atoms with Crippen LogP contribution in [0.3, 0.4) is 0 Å². The molecule has 0 aliphatic carbocycles. The van der Waals surface area contributed by atoms with Gasteiger partial charge in [-0.25, -0.2) is 9.37 Å². The van der Waals surface area contributed by atoms with Gasteiger partial charge in [-0.2, -0.15) is 0 Å². The highest BCUT2D eigenvalue weighted by Gasteiger charge is 2.33. The Morgan fingerprint density at radius 2 is 1.78 bits per heavy atom. The second-order valence-electron chi connectivity index (χ2n) is 7.24. The summed E-state index contributed by atoms with van der Waals surface area (Å²) >= 11 is 0. The molecule has 1 aromatic heterocycles. The molecule has 1 aromatic carbocycles. The van der Waals surface area contributed by atoms with Gasteiger partial charge in [0.2, 0.25) is 0 Å². The molecular weight excluding hydrogens is 343 g/mol. The van der Waals surface area contributed by atoms with Gasteiger partial charge in [0.25, 0.3) is 0 Å². The molecule has 1 unspecified atom stereocenters. The van der Waals surface area contributed by atoms with Crippen molar-refractivity contribution in [3.8, 4) is 5.75 Å². The first kappa shape index (κ1) is 17.8. The molecule has 2 aromatic rings. The molecule has 2 fully saturated rings. The summed E-state index contributed by atoms with van der Waals surface area (Å²) in [6, 6.07) is 10.6. The molecule has 6 heteroatoms. The van der Waals surface area contributed by atoms with Crippen LogP contribution in [0.15, 0.2) is 54.9 Å². The maximum absolute atomic E-state index is 13.1. The van der Waals surface area contributed by atoms with Crippen LogP contribution >= 0.6 is 0 Å². The standard InChI is InChI=1S/C21H25FN4O/c1-16-20(8-9-26(16)15-17-2-4-18(22)5-3-17)24-10-12-25(13-11-24)21-7-6-19(27)14-23-21/h2-7,14,20,27H,1,8-13,15H2. The predicted molar refractivity (Wildman–Crippen MR) is 104 cm³/mol. The van der Waals surface area contributed by atoms with E-state index < -0.39 is 0 Å². The fourth-order valence-corrected chi connectivity index (χ4v) is 4.01. The quantitative estimate of drug-likeness (QED) is 0.899. The van der Waals surface area contributed by atoms with E-state index >= 15 is 0 Å². The third-order valence-corrected chi connectivity index (χ3v) is 5.56. The van der Waals surface area contributed by atoms with Gasteiger partial charge in [0.15, 0.2) is 0 Å². The van der Waals surface area contributed by atoms with Gasteiger partial charge in [-0.15, -0.1) is 0 Å². The van der Waals surface area contributed by atoms with Crippen LogP contribution in [0.2, 0.25) is 0 Å². The fourth-order valence-electron chi connectivity index (χ4n) is 4.01. The Hall–Kier alpha value is -2.60. The van der Waals surface area contributed by atoms with Crippen LogP contribution in [0.25, 0.3) is 0 Å². The molecule has 2 aliphatic rings. The molecule has 0 bridgehead atoms. The molecular formula is C21H25FN4O. The van der Waals surface area contributed by atoms with E-state index in [2.05, 4.69) is 26.3 Å². The molecule has 27 heavy (non-hydrogen) atoms. The molecule has 1 atom stereocenters. The minimum atomic E-state index is -0.196. The predicted octanol–water partition coefficient (Wildman–Crippen LogP) is 2.84. The molecule has 0 radical (unpaired) electrons. The number of anilines is 1. The third kappa shape index (κ3) is 3.90. The number of hydrogen-bond acceptors (Lipinski definition) is 5. The average Bonchev–Trinajstić information content (AvgIpc) is 3.05. The Morgan fingerprint density at radius 3 is 2.44 bits per heavy atom. The van der Waals surface area contributed by atoms with Gasteiger partial charge < -0.3 is 14.9 Å². The van der Waals surface area contributed by atoms with Crippen LogP contribution in [-0.4, -0.2) is 58.7 Å². The Labute approximate surface area is 159 Å². The fraction of sp³-hybridized carbons (Fsp3) is 0.381. The smallest absolute Gasteiger partial charge is 0.134 e. The number of hydrogen-bond donors (Lipinski definition) is 1. The first-order valence-electron chi connectivity index (χ1n) is 9.42. The van der Waals surface area contributed by atoms with Crippen LogP contribution in [-0.2, 0) is 6.54 Å². The van der Waals surface area contributed by atoms with Crippen LogP contribution in [0.5, 0.6) is 5.75 Å². The van der Waals surface area contributed by atoms with Crippen molar-refractivity contribution in [3.05, 3.63) is 66.3 Å². The number of pyridine rings is 1. The van der Waals surface area contributed by atoms with Crippen LogP contribution in [0, 0.1) is 5.82 Å². The van der Waals surface area contributed by atoms with Crippen LogP contribution < -0.4 is 4.90 Å². The third-order valence-electron chi connectivity index (χ3n) is 5.56. The second-order valence-corrected chi connectivity index (χ2v) is 7.24. The summed E-state index contributed by atoms with van der Waals surface area (Å²) in [7, 11) is 0. The molecule has 2 aliphatic heterocycles. The summed E-state index contributed by atoms with van der Waals surface area (Å²) in [4.78, 5) is 11.4. The number of likely N-dealkylation sites (tertiary alicyclic amines) is 1. The number of rotatable bonds is 4. The van der Waals surface area contributed by atoms with E-state index in [-0.39, 0.29) is 11.6 Å². The van der Waals surface area contributed by atoms with Gasteiger partial charge in [-0.1, -0.05) is 18.7 Å². The second kappa shape index (κ2) is 7.56. The largest absolute Gasteiger partial charge is 0.506 e. The number of aromatic nitrogens is 1. The molecule has 5 nitrogen and oxygen atoms in total. The monoisotopic (exact) mass is 368 g/mol. The van der Waals surface area contributed by atoms with Gasteiger partial charge in [0.05, 0.1) is 12.2 Å². The Bertz CT molecular complexity index is 785. The summed E-state index contributed by atoms with van der Waals surface area (Å²) in [5.74, 6) is 0.911. The summed E-state index contributed by atoms with van der Waals surface area (Å²) in [5.41, 5.74) is 2.27. The summed E-state index contributed by atoms with van der Waals surface area (Å²) in [6.45, 7) is 9.89. The van der Waals surface area contributed by atoms with E-state index in [9.17, 15) is 9.50 Å². The van der Waals surface area contributed by atoms with E-state index in [1.807, 2.05) is 18.2 Å². The van der Waals surface area contributed by atoms with Crippen molar-refractivity contribution in [3.63, 3.8) is 0 Å². The van der Waals surface area contributed by atoms with Crippen LogP contribution in [0.1, 0.15) is 12.0 Å². The number of halogens is 1. The van der Waals surface area contributed by atoms with Crippen molar-refractivity contribution in [1.29, 1.82) is 0 Å². The van der Waals surface area contributed by atoms with Gasteiger partial charge in [0, 0.05) is 45.0 Å². The molecule has 2 saturated heterocycles. The summed E-state index contributed by atoms with van der Waals surface area (Å²) in [6.07, 6.45) is 2.57. The van der Waals surface area contributed by atoms with E-state index in [1.54, 1.807) is 6.07 Å². The van der Waals surface area contributed by atoms with Crippen molar-refractivity contribution < 1.29 is 9.50 Å². The lowest BCUT2D eigenvalue weighted by Crippen LogP contribution is -2.50. The van der Waals surface area contributed by atoms with Crippen molar-refractivity contribution in [2.75, 3.05) is 37.6 Å². The van der Waals surface area contributed by atoms with Gasteiger partial charge in [0.1, 0.15) is 17.4 Å². The number of nitrogens with zero attached hydrogens (tertiary/aromatic N) is 4. The normalized spacial score (nSPS) is 21.1. The molecule has 1 N–H and O–H groups in total. The van der Waals surface area contributed by atoms with E-state index in [0.29, 0.717) is 6.04 Å². The lowest BCUT2D eigenvalue weighted by molar-refractivity contribution is 0.207. The zero-order chi connectivity index (χ0) is 18.8. The molecule has 142 valence electrons. The zero-order valence-electron chi connectivity index (χ0n) is 15.4. The van der Waals surface area contributed by atoms with E-state index in [0.717, 1.165) is 62.8 Å². The highest BCUT2D eigenvalue weighted by molar-refractivity contribution is 5.41. The minimum Gasteiger partial charge on any atom is -0.506 e. The Kier molecular flexibility index (Phi) is 4.99. The van der Waals surface area contributed by atoms with Crippen molar-refractivity contribution in [2.45, 2.75) is 19.0 Å². The minimum absolute atomic E-state index is 0.195. The van der Waals surface area contributed by atoms with Gasteiger partial charge >= 0.3 is 0 Å². The molecule has 4 rings (SSSR count).